The lowest BCUT2D eigenvalue weighted by molar-refractivity contribution is -0.385. The Balaban J connectivity index is 2.26. The molecule has 2 aromatic heterocycles. The Morgan fingerprint density at radius 2 is 2.14 bits per heavy atom. The number of fused-ring (bicyclic) bond motifs is 1. The molecule has 7 heteroatoms. The molecule has 0 radical (unpaired) electrons. The molecule has 0 bridgehead atoms. The number of aryl methyl sites for hydroxylation is 1. The monoisotopic (exact) mass is 302 g/mol. The van der Waals surface area contributed by atoms with Gasteiger partial charge in [-0.2, -0.15) is 0 Å². The average molecular weight is 303 g/mol. The number of hydrogen-bond donors (Lipinski definition) is 1. The Labute approximate surface area is 124 Å². The topological polar surface area (TPSA) is 86.5 Å². The molecule has 0 unspecified atom stereocenters. The zero-order valence-corrected chi connectivity index (χ0v) is 11.8. The largest absolute Gasteiger partial charge is 0.383 e. The highest BCUT2D eigenvalue weighted by Crippen LogP contribution is 2.32. The van der Waals surface area contributed by atoms with Crippen molar-refractivity contribution in [3.8, 4) is 11.3 Å². The lowest BCUT2D eigenvalue weighted by atomic mass is 10.1. The Bertz CT molecular complexity index is 873. The van der Waals surface area contributed by atoms with Crippen LogP contribution in [0.2, 0.25) is 5.02 Å². The summed E-state index contributed by atoms with van der Waals surface area (Å²) in [4.78, 5) is 15.0. The summed E-state index contributed by atoms with van der Waals surface area (Å²) in [5.74, 6) is 0.394. The van der Waals surface area contributed by atoms with Crippen molar-refractivity contribution in [2.24, 2.45) is 0 Å². The molecule has 6 nitrogen and oxygen atoms in total. The summed E-state index contributed by atoms with van der Waals surface area (Å²) in [6.07, 6.45) is 1.75. The summed E-state index contributed by atoms with van der Waals surface area (Å²) >= 11 is 6.09. The Hall–Kier alpha value is -2.60. The number of hydrogen-bond acceptors (Lipinski definition) is 4. The maximum atomic E-state index is 11.0. The number of anilines is 1. The van der Waals surface area contributed by atoms with Crippen LogP contribution < -0.4 is 5.73 Å². The predicted molar refractivity (Wildman–Crippen MR) is 81.4 cm³/mol. The van der Waals surface area contributed by atoms with Gasteiger partial charge in [0.05, 0.1) is 9.95 Å². The molecule has 0 spiro atoms. The number of halogens is 1. The maximum absolute atomic E-state index is 11.0. The number of nitro benzene ring substituents is 1. The fourth-order valence-electron chi connectivity index (χ4n) is 2.22. The highest BCUT2D eigenvalue weighted by atomic mass is 35.5. The third kappa shape index (κ3) is 2.09. The molecule has 0 saturated heterocycles. The quantitative estimate of drug-likeness (QED) is 0.580. The predicted octanol–water partition coefficient (Wildman–Crippen LogP) is 3.45. The fourth-order valence-corrected chi connectivity index (χ4v) is 2.42. The number of nitrogens with two attached hydrogens (primary N) is 1. The van der Waals surface area contributed by atoms with Gasteiger partial charge in [0.1, 0.15) is 11.5 Å². The van der Waals surface area contributed by atoms with Gasteiger partial charge in [-0.1, -0.05) is 23.7 Å². The zero-order valence-electron chi connectivity index (χ0n) is 11.1. The van der Waals surface area contributed by atoms with Gasteiger partial charge in [-0.05, 0) is 19.1 Å². The van der Waals surface area contributed by atoms with Crippen LogP contribution in [0.4, 0.5) is 11.5 Å². The number of nitrogen functional groups attached to an aromatic ring is 1. The molecule has 3 rings (SSSR count). The molecule has 0 fully saturated rings. The molecule has 1 aromatic carbocycles. The van der Waals surface area contributed by atoms with E-state index in [0.717, 1.165) is 0 Å². The van der Waals surface area contributed by atoms with Crippen LogP contribution in [-0.2, 0) is 0 Å². The summed E-state index contributed by atoms with van der Waals surface area (Å²) in [5.41, 5.74) is 8.29. The van der Waals surface area contributed by atoms with Crippen molar-refractivity contribution in [2.45, 2.75) is 6.92 Å². The van der Waals surface area contributed by atoms with Gasteiger partial charge < -0.3 is 5.73 Å². The first-order chi connectivity index (χ1) is 9.99. The number of nitro groups is 1. The van der Waals surface area contributed by atoms with Crippen molar-refractivity contribution in [1.82, 2.24) is 9.38 Å². The van der Waals surface area contributed by atoms with Crippen LogP contribution in [0.3, 0.4) is 0 Å². The third-order valence-corrected chi connectivity index (χ3v) is 3.61. The molecule has 3 aromatic rings. The van der Waals surface area contributed by atoms with E-state index in [4.69, 9.17) is 17.3 Å². The normalized spacial score (nSPS) is 11.0. The van der Waals surface area contributed by atoms with Crippen molar-refractivity contribution in [2.75, 3.05) is 5.73 Å². The number of nitrogens with zero attached hydrogens (tertiary/aromatic N) is 3. The smallest absolute Gasteiger partial charge is 0.272 e. The van der Waals surface area contributed by atoms with E-state index in [2.05, 4.69) is 4.98 Å². The van der Waals surface area contributed by atoms with E-state index in [1.165, 1.54) is 6.07 Å². The second-order valence-corrected chi connectivity index (χ2v) is 5.06. The Kier molecular flexibility index (Phi) is 3.03. The molecule has 0 atom stereocenters. The second-order valence-electron chi connectivity index (χ2n) is 4.65. The minimum atomic E-state index is -0.419. The van der Waals surface area contributed by atoms with Crippen LogP contribution in [0.15, 0.2) is 36.5 Å². The molecule has 0 aliphatic rings. The van der Waals surface area contributed by atoms with E-state index < -0.39 is 4.92 Å². The van der Waals surface area contributed by atoms with Crippen molar-refractivity contribution < 1.29 is 4.92 Å². The molecule has 21 heavy (non-hydrogen) atoms. The van der Waals surface area contributed by atoms with E-state index in [-0.39, 0.29) is 5.69 Å². The molecular formula is C14H11ClN4O2. The SMILES string of the molecule is Cc1ccc(-c2nc3c(Cl)cccn3c2N)cc1[N+](=O)[O-]. The van der Waals surface area contributed by atoms with Crippen LogP contribution in [0.5, 0.6) is 0 Å². The molecule has 0 aliphatic carbocycles. The third-order valence-electron chi connectivity index (χ3n) is 3.32. The summed E-state index contributed by atoms with van der Waals surface area (Å²) in [7, 11) is 0. The van der Waals surface area contributed by atoms with Crippen molar-refractivity contribution in [3.05, 3.63) is 57.2 Å². The first-order valence-corrected chi connectivity index (χ1v) is 6.54. The summed E-state index contributed by atoms with van der Waals surface area (Å²) in [5, 5.41) is 11.5. The Morgan fingerprint density at radius 1 is 1.38 bits per heavy atom. The van der Waals surface area contributed by atoms with Gasteiger partial charge >= 0.3 is 0 Å². The van der Waals surface area contributed by atoms with E-state index in [9.17, 15) is 10.1 Å². The second kappa shape index (κ2) is 4.75. The number of imidazole rings is 1. The van der Waals surface area contributed by atoms with Gasteiger partial charge in [-0.25, -0.2) is 4.98 Å². The highest BCUT2D eigenvalue weighted by molar-refractivity contribution is 6.33. The standard InChI is InChI=1S/C14H11ClN4O2/c1-8-4-5-9(7-11(8)19(20)21)12-13(16)18-6-2-3-10(15)14(18)17-12/h2-7H,16H2,1H3. The van der Waals surface area contributed by atoms with Crippen molar-refractivity contribution >= 4 is 28.8 Å². The number of benzene rings is 1. The van der Waals surface area contributed by atoms with Gasteiger partial charge in [0.15, 0.2) is 5.65 Å². The maximum Gasteiger partial charge on any atom is 0.272 e. The Morgan fingerprint density at radius 3 is 2.81 bits per heavy atom. The van der Waals surface area contributed by atoms with Crippen LogP contribution in [0, 0.1) is 17.0 Å². The molecule has 0 aliphatic heterocycles. The minimum Gasteiger partial charge on any atom is -0.383 e. The molecule has 2 heterocycles. The molecule has 0 amide bonds. The number of aromatic nitrogens is 2. The average Bonchev–Trinajstić information content (AvgIpc) is 2.78. The zero-order chi connectivity index (χ0) is 15.1. The van der Waals surface area contributed by atoms with E-state index in [1.807, 2.05) is 0 Å². The minimum absolute atomic E-state index is 0.0371. The lowest BCUT2D eigenvalue weighted by Crippen LogP contribution is -1.95. The molecule has 0 saturated carbocycles. The molecule has 106 valence electrons. The first kappa shape index (κ1) is 13.4. The van der Waals surface area contributed by atoms with Gasteiger partial charge in [-0.15, -0.1) is 0 Å². The van der Waals surface area contributed by atoms with Crippen molar-refractivity contribution in [3.63, 3.8) is 0 Å². The molecular weight excluding hydrogens is 292 g/mol. The van der Waals surface area contributed by atoms with Crippen LogP contribution in [0.1, 0.15) is 5.56 Å². The summed E-state index contributed by atoms with van der Waals surface area (Å²) < 4.78 is 1.66. The van der Waals surface area contributed by atoms with Gasteiger partial charge in [0, 0.05) is 23.4 Å². The summed E-state index contributed by atoms with van der Waals surface area (Å²) in [6.45, 7) is 1.69. The van der Waals surface area contributed by atoms with E-state index in [0.29, 0.717) is 33.3 Å². The van der Waals surface area contributed by atoms with Crippen molar-refractivity contribution in [1.29, 1.82) is 0 Å². The first-order valence-electron chi connectivity index (χ1n) is 6.16. The van der Waals surface area contributed by atoms with Gasteiger partial charge in [0.2, 0.25) is 0 Å². The lowest BCUT2D eigenvalue weighted by Gasteiger charge is -2.02. The van der Waals surface area contributed by atoms with Crippen LogP contribution in [0.25, 0.3) is 16.9 Å². The fraction of sp³-hybridized carbons (Fsp3) is 0.0714. The highest BCUT2D eigenvalue weighted by Gasteiger charge is 2.17. The number of pyridine rings is 1. The number of rotatable bonds is 2. The van der Waals surface area contributed by atoms with E-state index in [1.54, 1.807) is 41.8 Å². The molecule has 2 N–H and O–H groups in total. The summed E-state index contributed by atoms with van der Waals surface area (Å²) in [6, 6.07) is 8.38. The van der Waals surface area contributed by atoms with Crippen LogP contribution >= 0.6 is 11.6 Å². The van der Waals surface area contributed by atoms with Crippen LogP contribution in [-0.4, -0.2) is 14.3 Å². The van der Waals surface area contributed by atoms with Gasteiger partial charge in [0.25, 0.3) is 5.69 Å². The van der Waals surface area contributed by atoms with E-state index >= 15 is 0 Å². The van der Waals surface area contributed by atoms with Gasteiger partial charge in [-0.3, -0.25) is 14.5 Å².